The van der Waals surface area contributed by atoms with Crippen LogP contribution in [0.4, 0.5) is 10.2 Å². The summed E-state index contributed by atoms with van der Waals surface area (Å²) in [4.78, 5) is 46.9. The number of rotatable bonds is 6. The van der Waals surface area contributed by atoms with Crippen LogP contribution in [0, 0.1) is 12.7 Å². The molecule has 1 aliphatic heterocycles. The Labute approximate surface area is 197 Å². The molecule has 0 radical (unpaired) electrons. The number of aliphatic hydroxyl groups is 1. The second-order valence-electron chi connectivity index (χ2n) is 7.76. The molecule has 0 aliphatic carbocycles. The van der Waals surface area contributed by atoms with E-state index in [1.54, 1.807) is 18.7 Å². The quantitative estimate of drug-likeness (QED) is 0.476. The molecule has 3 N–H and O–H groups in total. The van der Waals surface area contributed by atoms with Gasteiger partial charge in [0.25, 0.3) is 5.91 Å². The molecule has 4 rings (SSSR count). The predicted octanol–water partition coefficient (Wildman–Crippen LogP) is 1.84. The maximum atomic E-state index is 13.3. The fraction of sp³-hybridized carbons (Fsp3) is 0.333. The number of anilines is 1. The van der Waals surface area contributed by atoms with Gasteiger partial charge in [0.1, 0.15) is 11.6 Å². The molecule has 0 bridgehead atoms. The van der Waals surface area contributed by atoms with Crippen LogP contribution in [0.1, 0.15) is 41.3 Å². The Morgan fingerprint density at radius 2 is 1.94 bits per heavy atom. The Balaban J connectivity index is 1.70. The van der Waals surface area contributed by atoms with Gasteiger partial charge in [-0.25, -0.2) is 19.2 Å². The number of carboxylic acid groups (broad SMARTS) is 1. The SMILES string of the molecule is Cc1nsc(-c2nc(NC(=O)CC(O)C(=O)O)c3n2CCN(C(=O)c2ccc(F)cc2)C3C)n1. The second-order valence-corrected chi connectivity index (χ2v) is 8.51. The number of amides is 2. The van der Waals surface area contributed by atoms with Crippen LogP contribution in [0.3, 0.4) is 0 Å². The molecule has 1 aliphatic rings. The van der Waals surface area contributed by atoms with Crippen molar-refractivity contribution in [1.82, 2.24) is 23.8 Å². The number of hydrogen-bond donors (Lipinski definition) is 3. The van der Waals surface area contributed by atoms with E-state index in [9.17, 15) is 23.9 Å². The van der Waals surface area contributed by atoms with Crippen molar-refractivity contribution in [2.45, 2.75) is 39.0 Å². The Hall–Kier alpha value is -3.71. The molecular formula is C21H21FN6O5S. The summed E-state index contributed by atoms with van der Waals surface area (Å²) in [5.74, 6) is -1.88. The van der Waals surface area contributed by atoms with Crippen LogP contribution in [0.15, 0.2) is 24.3 Å². The molecule has 1 aromatic carbocycles. The zero-order valence-electron chi connectivity index (χ0n) is 18.2. The van der Waals surface area contributed by atoms with Gasteiger partial charge in [-0.15, -0.1) is 0 Å². The summed E-state index contributed by atoms with van der Waals surface area (Å²) in [7, 11) is 0. The molecule has 0 saturated carbocycles. The lowest BCUT2D eigenvalue weighted by molar-refractivity contribution is -0.148. The number of hydrogen-bond acceptors (Lipinski definition) is 8. The van der Waals surface area contributed by atoms with E-state index in [0.29, 0.717) is 41.0 Å². The molecule has 3 aromatic rings. The summed E-state index contributed by atoms with van der Waals surface area (Å²) in [6, 6.07) is 4.69. The molecule has 13 heteroatoms. The van der Waals surface area contributed by atoms with Crippen LogP contribution in [-0.2, 0) is 16.1 Å². The molecule has 3 heterocycles. The minimum absolute atomic E-state index is 0.134. The molecule has 2 amide bonds. The van der Waals surface area contributed by atoms with Gasteiger partial charge in [-0.2, -0.15) is 4.37 Å². The zero-order valence-corrected chi connectivity index (χ0v) is 19.0. The minimum atomic E-state index is -1.86. The molecule has 178 valence electrons. The average Bonchev–Trinajstić information content (AvgIpc) is 3.37. The van der Waals surface area contributed by atoms with Gasteiger partial charge in [0.2, 0.25) is 5.91 Å². The molecule has 0 spiro atoms. The first-order valence-corrected chi connectivity index (χ1v) is 11.1. The van der Waals surface area contributed by atoms with E-state index in [0.717, 1.165) is 11.5 Å². The number of imidazole rings is 1. The highest BCUT2D eigenvalue weighted by Gasteiger charge is 2.35. The summed E-state index contributed by atoms with van der Waals surface area (Å²) in [6.07, 6.45) is -2.53. The highest BCUT2D eigenvalue weighted by molar-refractivity contribution is 7.09. The van der Waals surface area contributed by atoms with Crippen LogP contribution in [0.5, 0.6) is 0 Å². The molecule has 11 nitrogen and oxygen atoms in total. The highest BCUT2D eigenvalue weighted by Crippen LogP contribution is 2.37. The lowest BCUT2D eigenvalue weighted by Gasteiger charge is -2.35. The summed E-state index contributed by atoms with van der Waals surface area (Å²) in [6.45, 7) is 4.19. The second kappa shape index (κ2) is 9.27. The van der Waals surface area contributed by atoms with Gasteiger partial charge in [-0.1, -0.05) is 0 Å². The van der Waals surface area contributed by atoms with Crippen molar-refractivity contribution in [3.05, 3.63) is 47.2 Å². The van der Waals surface area contributed by atoms with Crippen molar-refractivity contribution in [2.24, 2.45) is 0 Å². The van der Waals surface area contributed by atoms with Gasteiger partial charge in [-0.3, -0.25) is 9.59 Å². The van der Waals surface area contributed by atoms with E-state index in [-0.39, 0.29) is 11.7 Å². The number of halogens is 1. The largest absolute Gasteiger partial charge is 0.479 e. The van der Waals surface area contributed by atoms with Gasteiger partial charge >= 0.3 is 5.97 Å². The van der Waals surface area contributed by atoms with E-state index >= 15 is 0 Å². The fourth-order valence-corrected chi connectivity index (χ4v) is 4.46. The van der Waals surface area contributed by atoms with Gasteiger partial charge in [0.15, 0.2) is 22.8 Å². The first-order valence-electron chi connectivity index (χ1n) is 10.3. The Morgan fingerprint density at radius 1 is 1.24 bits per heavy atom. The topological polar surface area (TPSA) is 151 Å². The van der Waals surface area contributed by atoms with E-state index < -0.39 is 36.3 Å². The molecule has 0 fully saturated rings. The zero-order chi connectivity index (χ0) is 24.6. The Morgan fingerprint density at radius 3 is 2.56 bits per heavy atom. The number of carbonyl (C=O) groups is 3. The summed E-state index contributed by atoms with van der Waals surface area (Å²) in [5, 5.41) is 21.5. The number of nitrogens with one attached hydrogen (secondary N) is 1. The average molecular weight is 489 g/mol. The standard InChI is InChI=1S/C21H21FN6O5S/c1-10-16-17(24-15(30)9-14(29)21(32)33)25-18(19-23-11(2)26-34-19)28(16)8-7-27(10)20(31)12-3-5-13(22)6-4-12/h3-6,10,14,29H,7-9H2,1-2H3,(H,24,30)(H,32,33). The molecule has 2 aromatic heterocycles. The fourth-order valence-electron chi connectivity index (χ4n) is 3.79. The van der Waals surface area contributed by atoms with Crippen LogP contribution >= 0.6 is 11.5 Å². The van der Waals surface area contributed by atoms with E-state index in [2.05, 4.69) is 19.7 Å². The number of benzene rings is 1. The van der Waals surface area contributed by atoms with Gasteiger partial charge < -0.3 is 25.0 Å². The number of carboxylic acids is 1. The number of aryl methyl sites for hydroxylation is 1. The molecule has 34 heavy (non-hydrogen) atoms. The maximum absolute atomic E-state index is 13.3. The van der Waals surface area contributed by atoms with E-state index in [1.807, 2.05) is 4.57 Å². The van der Waals surface area contributed by atoms with Crippen LogP contribution in [0.2, 0.25) is 0 Å². The number of fused-ring (bicyclic) bond motifs is 1. The smallest absolute Gasteiger partial charge is 0.333 e. The maximum Gasteiger partial charge on any atom is 0.333 e. The summed E-state index contributed by atoms with van der Waals surface area (Å²) >= 11 is 1.14. The monoisotopic (exact) mass is 488 g/mol. The van der Waals surface area contributed by atoms with Crippen molar-refractivity contribution in [3.8, 4) is 10.8 Å². The third kappa shape index (κ3) is 4.52. The van der Waals surface area contributed by atoms with Crippen molar-refractivity contribution in [3.63, 3.8) is 0 Å². The van der Waals surface area contributed by atoms with Crippen molar-refractivity contribution >= 4 is 35.1 Å². The molecule has 2 unspecified atom stereocenters. The summed E-state index contributed by atoms with van der Waals surface area (Å²) in [5.41, 5.74) is 0.832. The number of carbonyl (C=O) groups excluding carboxylic acids is 2. The van der Waals surface area contributed by atoms with Crippen molar-refractivity contribution in [2.75, 3.05) is 11.9 Å². The number of nitrogens with zero attached hydrogens (tertiary/aromatic N) is 5. The predicted molar refractivity (Wildman–Crippen MR) is 119 cm³/mol. The van der Waals surface area contributed by atoms with Crippen LogP contribution in [0.25, 0.3) is 10.8 Å². The minimum Gasteiger partial charge on any atom is -0.479 e. The highest BCUT2D eigenvalue weighted by atomic mass is 32.1. The van der Waals surface area contributed by atoms with Gasteiger partial charge in [0.05, 0.1) is 18.2 Å². The third-order valence-corrected chi connectivity index (χ3v) is 6.23. The van der Waals surface area contributed by atoms with E-state index in [1.165, 1.54) is 24.3 Å². The van der Waals surface area contributed by atoms with Crippen LogP contribution < -0.4 is 5.32 Å². The first-order chi connectivity index (χ1) is 16.2. The third-order valence-electron chi connectivity index (χ3n) is 5.43. The van der Waals surface area contributed by atoms with Crippen molar-refractivity contribution in [1.29, 1.82) is 0 Å². The normalized spacial score (nSPS) is 16.1. The lowest BCUT2D eigenvalue weighted by Crippen LogP contribution is -2.41. The molecule has 2 atom stereocenters. The molecule has 0 saturated heterocycles. The van der Waals surface area contributed by atoms with E-state index in [4.69, 9.17) is 5.11 Å². The Bertz CT molecular complexity index is 1260. The first kappa shape index (κ1) is 23.4. The van der Waals surface area contributed by atoms with Gasteiger partial charge in [0, 0.05) is 18.7 Å². The summed E-state index contributed by atoms with van der Waals surface area (Å²) < 4.78 is 19.3. The van der Waals surface area contributed by atoms with Gasteiger partial charge in [-0.05, 0) is 49.6 Å². The number of aliphatic carboxylic acids is 1. The van der Waals surface area contributed by atoms with Crippen LogP contribution in [-0.4, -0.2) is 64.5 Å². The number of aliphatic hydroxyl groups excluding tert-OH is 1. The molecular weight excluding hydrogens is 467 g/mol. The lowest BCUT2D eigenvalue weighted by atomic mass is 10.1. The van der Waals surface area contributed by atoms with Crippen molar-refractivity contribution < 1.29 is 29.0 Å². The Kier molecular flexibility index (Phi) is 6.39. The number of aromatic nitrogens is 4.